The first kappa shape index (κ1) is 12.5. The van der Waals surface area contributed by atoms with Crippen LogP contribution in [0.15, 0.2) is 24.3 Å². The normalized spacial score (nSPS) is 10.5. The molecule has 0 fully saturated rings. The minimum atomic E-state index is 0.192. The Morgan fingerprint density at radius 2 is 1.67 bits per heavy atom. The van der Waals surface area contributed by atoms with Gasteiger partial charge in [-0.05, 0) is 17.7 Å². The first-order chi connectivity index (χ1) is 7.33. The van der Waals surface area contributed by atoms with Crippen molar-refractivity contribution in [3.63, 3.8) is 0 Å². The number of benzene rings is 1. The van der Waals surface area contributed by atoms with Crippen LogP contribution in [0.3, 0.4) is 0 Å². The van der Waals surface area contributed by atoms with Crippen LogP contribution in [0.1, 0.15) is 5.56 Å². The molecular formula is C11H17ClN2O. The molecule has 84 valence electrons. The highest BCUT2D eigenvalue weighted by atomic mass is 35.5. The SMILES string of the molecule is OCCNCCNCc1ccc(Cl)cc1. The Balaban J connectivity index is 2.07. The largest absolute Gasteiger partial charge is 0.395 e. The summed E-state index contributed by atoms with van der Waals surface area (Å²) in [5.74, 6) is 0. The van der Waals surface area contributed by atoms with E-state index >= 15 is 0 Å². The molecule has 0 atom stereocenters. The van der Waals surface area contributed by atoms with E-state index < -0.39 is 0 Å². The average molecular weight is 229 g/mol. The highest BCUT2D eigenvalue weighted by molar-refractivity contribution is 6.30. The second kappa shape index (κ2) is 7.65. The fourth-order valence-electron chi connectivity index (χ4n) is 1.22. The van der Waals surface area contributed by atoms with Crippen molar-refractivity contribution >= 4 is 11.6 Å². The van der Waals surface area contributed by atoms with Crippen LogP contribution in [-0.4, -0.2) is 31.3 Å². The van der Waals surface area contributed by atoms with Gasteiger partial charge >= 0.3 is 0 Å². The van der Waals surface area contributed by atoms with Crippen molar-refractivity contribution in [2.45, 2.75) is 6.54 Å². The van der Waals surface area contributed by atoms with E-state index in [2.05, 4.69) is 10.6 Å². The van der Waals surface area contributed by atoms with Gasteiger partial charge in [0.1, 0.15) is 0 Å². The number of aliphatic hydroxyl groups is 1. The summed E-state index contributed by atoms with van der Waals surface area (Å²) in [6, 6.07) is 7.80. The molecule has 1 aromatic rings. The molecule has 0 saturated carbocycles. The number of nitrogens with one attached hydrogen (secondary N) is 2. The van der Waals surface area contributed by atoms with Crippen LogP contribution in [0, 0.1) is 0 Å². The Hall–Kier alpha value is -0.610. The molecule has 1 rings (SSSR count). The van der Waals surface area contributed by atoms with Crippen molar-refractivity contribution in [1.82, 2.24) is 10.6 Å². The summed E-state index contributed by atoms with van der Waals surface area (Å²) in [4.78, 5) is 0. The summed E-state index contributed by atoms with van der Waals surface area (Å²) >= 11 is 5.78. The zero-order valence-corrected chi connectivity index (χ0v) is 9.43. The molecule has 15 heavy (non-hydrogen) atoms. The molecule has 3 nitrogen and oxygen atoms in total. The molecule has 0 saturated heterocycles. The Morgan fingerprint density at radius 1 is 1.00 bits per heavy atom. The highest BCUT2D eigenvalue weighted by Gasteiger charge is 1.92. The van der Waals surface area contributed by atoms with Crippen molar-refractivity contribution in [1.29, 1.82) is 0 Å². The van der Waals surface area contributed by atoms with E-state index in [1.54, 1.807) is 0 Å². The van der Waals surface area contributed by atoms with Gasteiger partial charge in [-0.1, -0.05) is 23.7 Å². The van der Waals surface area contributed by atoms with Crippen LogP contribution in [0.4, 0.5) is 0 Å². The quantitative estimate of drug-likeness (QED) is 0.611. The van der Waals surface area contributed by atoms with Gasteiger partial charge in [0.05, 0.1) is 6.61 Å². The molecule has 0 bridgehead atoms. The van der Waals surface area contributed by atoms with Crippen LogP contribution in [0.2, 0.25) is 5.02 Å². The lowest BCUT2D eigenvalue weighted by molar-refractivity contribution is 0.292. The monoisotopic (exact) mass is 228 g/mol. The van der Waals surface area contributed by atoms with Crippen molar-refractivity contribution in [3.8, 4) is 0 Å². The molecule has 3 N–H and O–H groups in total. The second-order valence-electron chi connectivity index (χ2n) is 3.28. The Morgan fingerprint density at radius 3 is 2.33 bits per heavy atom. The molecule has 4 heteroatoms. The van der Waals surface area contributed by atoms with Crippen LogP contribution in [0.5, 0.6) is 0 Å². The maximum Gasteiger partial charge on any atom is 0.0555 e. The molecule has 0 radical (unpaired) electrons. The lowest BCUT2D eigenvalue weighted by Crippen LogP contribution is -2.28. The smallest absolute Gasteiger partial charge is 0.0555 e. The van der Waals surface area contributed by atoms with Gasteiger partial charge in [0.25, 0.3) is 0 Å². The lowest BCUT2D eigenvalue weighted by Gasteiger charge is -2.05. The molecule has 0 heterocycles. The zero-order valence-electron chi connectivity index (χ0n) is 8.67. The predicted molar refractivity (Wildman–Crippen MR) is 63.1 cm³/mol. The number of hydrogen-bond donors (Lipinski definition) is 3. The Kier molecular flexibility index (Phi) is 6.36. The van der Waals surface area contributed by atoms with Gasteiger partial charge in [-0.15, -0.1) is 0 Å². The fraction of sp³-hybridized carbons (Fsp3) is 0.455. The van der Waals surface area contributed by atoms with Gasteiger partial charge < -0.3 is 15.7 Å². The van der Waals surface area contributed by atoms with Gasteiger partial charge in [0.15, 0.2) is 0 Å². The molecular weight excluding hydrogens is 212 g/mol. The predicted octanol–water partition coefficient (Wildman–Crippen LogP) is 1.01. The molecule has 0 aliphatic rings. The molecule has 0 unspecified atom stereocenters. The van der Waals surface area contributed by atoms with E-state index in [9.17, 15) is 0 Å². The van der Waals surface area contributed by atoms with Gasteiger partial charge in [-0.3, -0.25) is 0 Å². The van der Waals surface area contributed by atoms with E-state index in [-0.39, 0.29) is 6.61 Å². The van der Waals surface area contributed by atoms with Crippen LogP contribution < -0.4 is 10.6 Å². The number of hydrogen-bond acceptors (Lipinski definition) is 3. The first-order valence-corrected chi connectivity index (χ1v) is 5.47. The maximum atomic E-state index is 8.53. The van der Waals surface area contributed by atoms with Gasteiger partial charge in [0.2, 0.25) is 0 Å². The van der Waals surface area contributed by atoms with Gasteiger partial charge in [-0.2, -0.15) is 0 Å². The molecule has 0 aliphatic heterocycles. The third-order valence-electron chi connectivity index (χ3n) is 2.01. The molecule has 0 aliphatic carbocycles. The van der Waals surface area contributed by atoms with E-state index in [1.807, 2.05) is 24.3 Å². The Bertz CT molecular complexity index is 264. The zero-order chi connectivity index (χ0) is 10.9. The highest BCUT2D eigenvalue weighted by Crippen LogP contribution is 2.08. The topological polar surface area (TPSA) is 44.3 Å². The molecule has 0 spiro atoms. The van der Waals surface area contributed by atoms with Crippen LogP contribution in [-0.2, 0) is 6.54 Å². The van der Waals surface area contributed by atoms with Gasteiger partial charge in [0, 0.05) is 31.2 Å². The minimum Gasteiger partial charge on any atom is -0.395 e. The van der Waals surface area contributed by atoms with Crippen molar-refractivity contribution in [2.75, 3.05) is 26.2 Å². The molecule has 0 aromatic heterocycles. The second-order valence-corrected chi connectivity index (χ2v) is 3.71. The van der Waals surface area contributed by atoms with E-state index in [0.29, 0.717) is 6.54 Å². The van der Waals surface area contributed by atoms with Crippen LogP contribution in [0.25, 0.3) is 0 Å². The number of halogens is 1. The minimum absolute atomic E-state index is 0.192. The summed E-state index contributed by atoms with van der Waals surface area (Å²) in [6.07, 6.45) is 0. The van der Waals surface area contributed by atoms with Gasteiger partial charge in [-0.25, -0.2) is 0 Å². The average Bonchev–Trinajstić information content (AvgIpc) is 2.26. The van der Waals surface area contributed by atoms with E-state index in [4.69, 9.17) is 16.7 Å². The summed E-state index contributed by atoms with van der Waals surface area (Å²) in [5, 5.41) is 15.7. The number of aliphatic hydroxyl groups excluding tert-OH is 1. The maximum absolute atomic E-state index is 8.53. The Labute approximate surface area is 95.5 Å². The van der Waals surface area contributed by atoms with E-state index in [0.717, 1.165) is 24.7 Å². The summed E-state index contributed by atoms with van der Waals surface area (Å²) in [5.41, 5.74) is 1.22. The van der Waals surface area contributed by atoms with Crippen molar-refractivity contribution < 1.29 is 5.11 Å². The van der Waals surface area contributed by atoms with Crippen molar-refractivity contribution in [3.05, 3.63) is 34.9 Å². The van der Waals surface area contributed by atoms with Crippen molar-refractivity contribution in [2.24, 2.45) is 0 Å². The first-order valence-electron chi connectivity index (χ1n) is 5.09. The molecule has 0 amide bonds. The third kappa shape index (κ3) is 5.74. The number of rotatable bonds is 7. The van der Waals surface area contributed by atoms with E-state index in [1.165, 1.54) is 5.56 Å². The summed E-state index contributed by atoms with van der Waals surface area (Å²) in [7, 11) is 0. The third-order valence-corrected chi connectivity index (χ3v) is 2.26. The standard InChI is InChI=1S/C11H17ClN2O/c12-11-3-1-10(2-4-11)9-14-6-5-13-7-8-15/h1-4,13-15H,5-9H2. The van der Waals surface area contributed by atoms with Crippen LogP contribution >= 0.6 is 11.6 Å². The fourth-order valence-corrected chi connectivity index (χ4v) is 1.34. The summed E-state index contributed by atoms with van der Waals surface area (Å²) < 4.78 is 0. The lowest BCUT2D eigenvalue weighted by atomic mass is 10.2. The summed E-state index contributed by atoms with van der Waals surface area (Å²) in [6.45, 7) is 3.45. The molecule has 1 aromatic carbocycles.